The molecule has 26 heavy (non-hydrogen) atoms. The summed E-state index contributed by atoms with van der Waals surface area (Å²) in [6, 6.07) is 0.799. The molecule has 0 aromatic heterocycles. The normalized spacial score (nSPS) is 18.2. The fourth-order valence-electron chi connectivity index (χ4n) is 3.57. The van der Waals surface area contributed by atoms with Crippen molar-refractivity contribution < 1.29 is 22.8 Å². The second kappa shape index (κ2) is 13.2. The molecule has 1 aliphatic carbocycles. The Bertz CT molecular complexity index is 374. The largest absolute Gasteiger partial charge is 0.500 e. The van der Waals surface area contributed by atoms with Crippen LogP contribution in [0.4, 0.5) is 0 Å². The van der Waals surface area contributed by atoms with E-state index in [4.69, 9.17) is 18.0 Å². The monoisotopic (exact) mass is 406 g/mol. The number of carbonyl (C=O) groups is 1. The third-order valence-electron chi connectivity index (χ3n) is 5.39. The molecule has 0 unspecified atom stereocenters. The fraction of sp³-hybridized carbons (Fsp3) is 0.947. The minimum Gasteiger partial charge on any atom is -0.459 e. The summed E-state index contributed by atoms with van der Waals surface area (Å²) >= 11 is 1.78. The average Bonchev–Trinajstić information content (AvgIpc) is 2.64. The number of esters is 1. The lowest BCUT2D eigenvalue weighted by molar-refractivity contribution is -0.162. The van der Waals surface area contributed by atoms with Crippen molar-refractivity contribution in [3.63, 3.8) is 0 Å². The molecular weight excluding hydrogens is 368 g/mol. The van der Waals surface area contributed by atoms with Crippen LogP contribution in [0.15, 0.2) is 0 Å². The van der Waals surface area contributed by atoms with Gasteiger partial charge in [0.25, 0.3) is 0 Å². The molecule has 1 fully saturated rings. The molecular formula is C19H38O5SSi. The van der Waals surface area contributed by atoms with E-state index < -0.39 is 8.80 Å². The van der Waals surface area contributed by atoms with Crippen molar-refractivity contribution in [1.29, 1.82) is 0 Å². The molecule has 1 saturated carbocycles. The predicted octanol–water partition coefficient (Wildman–Crippen LogP) is 4.81. The Morgan fingerprint density at radius 1 is 0.962 bits per heavy atom. The van der Waals surface area contributed by atoms with Gasteiger partial charge < -0.3 is 18.0 Å². The predicted molar refractivity (Wildman–Crippen MR) is 110 cm³/mol. The van der Waals surface area contributed by atoms with E-state index in [2.05, 4.69) is 6.92 Å². The van der Waals surface area contributed by atoms with Crippen molar-refractivity contribution in [3.8, 4) is 0 Å². The van der Waals surface area contributed by atoms with Gasteiger partial charge in [-0.2, -0.15) is 11.8 Å². The van der Waals surface area contributed by atoms with Gasteiger partial charge in [-0.1, -0.05) is 26.2 Å². The van der Waals surface area contributed by atoms with Crippen molar-refractivity contribution in [2.24, 2.45) is 0 Å². The Hall–Kier alpha value is -0.0831. The summed E-state index contributed by atoms with van der Waals surface area (Å²) in [6.45, 7) is 2.15. The van der Waals surface area contributed by atoms with Crippen LogP contribution in [0, 0.1) is 0 Å². The fourth-order valence-corrected chi connectivity index (χ4v) is 6.42. The zero-order chi connectivity index (χ0) is 19.3. The summed E-state index contributed by atoms with van der Waals surface area (Å²) in [5, 5.41) is 0. The van der Waals surface area contributed by atoms with Crippen LogP contribution >= 0.6 is 11.8 Å². The topological polar surface area (TPSA) is 54.0 Å². The molecule has 0 aromatic carbocycles. The molecule has 7 heteroatoms. The molecule has 0 aliphatic heterocycles. The standard InChI is InChI=1S/C19H38O5SSi/c1-5-19(13-9-7-6-8-10-14-19)24-18(20)12-16-25-15-11-17-26(21-2,22-3)23-4/h5-17H2,1-4H3. The Morgan fingerprint density at radius 2 is 1.54 bits per heavy atom. The lowest BCUT2D eigenvalue weighted by Gasteiger charge is -2.34. The number of hydrogen-bond acceptors (Lipinski definition) is 6. The molecule has 0 radical (unpaired) electrons. The van der Waals surface area contributed by atoms with Gasteiger partial charge in [-0.05, 0) is 44.3 Å². The van der Waals surface area contributed by atoms with E-state index >= 15 is 0 Å². The highest BCUT2D eigenvalue weighted by atomic mass is 32.2. The van der Waals surface area contributed by atoms with Gasteiger partial charge in [0.15, 0.2) is 0 Å². The van der Waals surface area contributed by atoms with Crippen LogP contribution in [0.25, 0.3) is 0 Å². The summed E-state index contributed by atoms with van der Waals surface area (Å²) in [6.07, 6.45) is 10.7. The van der Waals surface area contributed by atoms with Crippen LogP contribution in [0.2, 0.25) is 6.04 Å². The summed E-state index contributed by atoms with van der Waals surface area (Å²) in [4.78, 5) is 12.3. The molecule has 0 atom stereocenters. The smallest absolute Gasteiger partial charge is 0.459 e. The molecule has 5 nitrogen and oxygen atoms in total. The van der Waals surface area contributed by atoms with Gasteiger partial charge >= 0.3 is 14.8 Å². The molecule has 0 N–H and O–H groups in total. The van der Waals surface area contributed by atoms with Crippen LogP contribution in [-0.4, -0.2) is 53.2 Å². The summed E-state index contributed by atoms with van der Waals surface area (Å²) in [7, 11) is 2.46. The molecule has 0 bridgehead atoms. The maximum Gasteiger partial charge on any atom is 0.500 e. The second-order valence-corrected chi connectivity index (χ2v) is 11.4. The molecule has 1 rings (SSSR count). The summed E-state index contributed by atoms with van der Waals surface area (Å²) in [5.41, 5.74) is -0.206. The highest BCUT2D eigenvalue weighted by Gasteiger charge is 2.36. The van der Waals surface area contributed by atoms with Crippen molar-refractivity contribution in [3.05, 3.63) is 0 Å². The van der Waals surface area contributed by atoms with Gasteiger partial charge in [0.1, 0.15) is 5.60 Å². The maximum absolute atomic E-state index is 12.3. The van der Waals surface area contributed by atoms with E-state index in [0.29, 0.717) is 6.42 Å². The van der Waals surface area contributed by atoms with E-state index in [1.54, 1.807) is 33.1 Å². The molecule has 0 aromatic rings. The van der Waals surface area contributed by atoms with Crippen molar-refractivity contribution in [2.75, 3.05) is 32.8 Å². The number of ether oxygens (including phenoxy) is 1. The highest BCUT2D eigenvalue weighted by molar-refractivity contribution is 7.99. The molecule has 0 heterocycles. The number of rotatable bonds is 12. The van der Waals surface area contributed by atoms with Gasteiger partial charge in [-0.25, -0.2) is 0 Å². The number of carbonyl (C=O) groups excluding carboxylic acids is 1. The van der Waals surface area contributed by atoms with E-state index in [0.717, 1.165) is 43.2 Å². The van der Waals surface area contributed by atoms with Crippen LogP contribution in [0.1, 0.15) is 71.1 Å². The lowest BCUT2D eigenvalue weighted by atomic mass is 9.85. The van der Waals surface area contributed by atoms with Gasteiger partial charge in [-0.15, -0.1) is 0 Å². The lowest BCUT2D eigenvalue weighted by Crippen LogP contribution is -2.42. The van der Waals surface area contributed by atoms with Gasteiger partial charge in [-0.3, -0.25) is 4.79 Å². The van der Waals surface area contributed by atoms with Gasteiger partial charge in [0, 0.05) is 33.1 Å². The number of thioether (sulfide) groups is 1. The van der Waals surface area contributed by atoms with Gasteiger partial charge in [0.05, 0.1) is 6.42 Å². The first-order chi connectivity index (χ1) is 12.6. The first kappa shape index (κ1) is 24.0. The Balaban J connectivity index is 2.24. The molecule has 0 saturated heterocycles. The number of hydrogen-bond donors (Lipinski definition) is 0. The SMILES string of the molecule is CCC1(OC(=O)CCSCCC[Si](OC)(OC)OC)CCCCCCC1. The molecule has 154 valence electrons. The van der Waals surface area contributed by atoms with E-state index in [-0.39, 0.29) is 11.6 Å². The third-order valence-corrected chi connectivity index (χ3v) is 9.30. The molecule has 0 spiro atoms. The van der Waals surface area contributed by atoms with Crippen LogP contribution in [-0.2, 0) is 22.8 Å². The summed E-state index contributed by atoms with van der Waals surface area (Å²) < 4.78 is 22.2. The van der Waals surface area contributed by atoms with Crippen LogP contribution in [0.5, 0.6) is 0 Å². The Kier molecular flexibility index (Phi) is 12.1. The Labute approximate surface area is 165 Å². The van der Waals surface area contributed by atoms with E-state index in [1.807, 2.05) is 0 Å². The second-order valence-electron chi connectivity index (χ2n) is 7.04. The highest BCUT2D eigenvalue weighted by Crippen LogP contribution is 2.33. The molecule has 0 amide bonds. The molecule has 1 aliphatic rings. The zero-order valence-electron chi connectivity index (χ0n) is 17.1. The van der Waals surface area contributed by atoms with E-state index in [1.165, 1.54) is 32.1 Å². The third kappa shape index (κ3) is 8.29. The van der Waals surface area contributed by atoms with Crippen molar-refractivity contribution >= 4 is 26.5 Å². The minimum atomic E-state index is -2.46. The average molecular weight is 407 g/mol. The summed E-state index contributed by atoms with van der Waals surface area (Å²) in [5.74, 6) is 1.74. The van der Waals surface area contributed by atoms with Crippen molar-refractivity contribution in [1.82, 2.24) is 0 Å². The van der Waals surface area contributed by atoms with Crippen LogP contribution in [0.3, 0.4) is 0 Å². The first-order valence-corrected chi connectivity index (χ1v) is 13.1. The van der Waals surface area contributed by atoms with Crippen molar-refractivity contribution in [2.45, 2.75) is 82.8 Å². The zero-order valence-corrected chi connectivity index (χ0v) is 19.0. The Morgan fingerprint density at radius 3 is 2.08 bits per heavy atom. The van der Waals surface area contributed by atoms with Gasteiger partial charge in [0.2, 0.25) is 0 Å². The van der Waals surface area contributed by atoms with Crippen LogP contribution < -0.4 is 0 Å². The maximum atomic E-state index is 12.3. The first-order valence-electron chi connectivity index (χ1n) is 10.0. The van der Waals surface area contributed by atoms with E-state index in [9.17, 15) is 4.79 Å². The quantitative estimate of drug-likeness (QED) is 0.263. The minimum absolute atomic E-state index is 0.0330.